The number of carboxylic acids is 1. The number of amides is 1. The van der Waals surface area contributed by atoms with Crippen LogP contribution in [-0.4, -0.2) is 71.6 Å². The predicted molar refractivity (Wildman–Crippen MR) is 214 cm³/mol. The van der Waals surface area contributed by atoms with Gasteiger partial charge in [-0.2, -0.15) is 0 Å². The number of pyridine rings is 1. The van der Waals surface area contributed by atoms with Gasteiger partial charge < -0.3 is 25.8 Å². The molecule has 2 aromatic heterocycles. The van der Waals surface area contributed by atoms with Gasteiger partial charge in [-0.15, -0.1) is 0 Å². The molecular formula is C42H49N7O4S. The Morgan fingerprint density at radius 3 is 2.65 bits per heavy atom. The number of ether oxygens (including phenoxy) is 1. The van der Waals surface area contributed by atoms with Gasteiger partial charge in [0.05, 0.1) is 22.4 Å². The van der Waals surface area contributed by atoms with Crippen molar-refractivity contribution < 1.29 is 19.4 Å². The maximum Gasteiger partial charge on any atom is 0.355 e. The van der Waals surface area contributed by atoms with Crippen molar-refractivity contribution in [1.29, 1.82) is 0 Å². The number of thiazole rings is 1. The highest BCUT2D eigenvalue weighted by Gasteiger charge is 2.73. The van der Waals surface area contributed by atoms with Crippen LogP contribution in [-0.2, 0) is 17.7 Å². The standard InChI is InChI=1S/C42H49N7O4S/c1-26(45-25-41-21-39(2)20-40(41,3)23-42(22-39,24-41)53-17-15-44-4)30(18-43)28-12-13-34(47-35(28)37(51)52)49-16-14-27-8-7-9-29(31(27)19-49)36(50)48-38-46-32-10-5-6-11-33(32)54-38/h5-13,18,44H,14-17,19-25,43H2,1-4H3,(H,51,52)(H,46,48,50)/b30-18+,45-26?. The SMILES string of the molecule is CNCCOC12CC3(C)CC(C)(C1)C(CN=C(C)/C(=C\N)c1ccc(N4CCc5cccc(C(=O)Nc6nc7ccccc7s6)c5C4)nc1C(=O)O)(C3)C2. The number of likely N-dealkylation sites (N-methyl/N-ethyl adjacent to an activating group) is 1. The zero-order valence-corrected chi connectivity index (χ0v) is 32.3. The fourth-order valence-electron chi connectivity index (χ4n) is 10.8. The first-order valence-electron chi connectivity index (χ1n) is 18.9. The minimum Gasteiger partial charge on any atom is -0.476 e. The van der Waals surface area contributed by atoms with E-state index >= 15 is 0 Å². The van der Waals surface area contributed by atoms with Gasteiger partial charge in [0.25, 0.3) is 5.91 Å². The first kappa shape index (κ1) is 36.3. The molecule has 1 aliphatic heterocycles. The number of fused-ring (bicyclic) bond motifs is 2. The van der Waals surface area contributed by atoms with Crippen LogP contribution in [0.2, 0.25) is 0 Å². The Morgan fingerprint density at radius 1 is 1.04 bits per heavy atom. The van der Waals surface area contributed by atoms with Crippen LogP contribution in [0.25, 0.3) is 15.8 Å². The quantitative estimate of drug-likeness (QED) is 0.0892. The zero-order chi connectivity index (χ0) is 37.9. The van der Waals surface area contributed by atoms with Gasteiger partial charge in [-0.1, -0.05) is 49.4 Å². The third-order valence-electron chi connectivity index (χ3n) is 12.6. The third-order valence-corrected chi connectivity index (χ3v) is 13.6. The number of nitrogens with two attached hydrogens (primary N) is 1. The Bertz CT molecular complexity index is 2180. The molecule has 12 heteroatoms. The van der Waals surface area contributed by atoms with Crippen LogP contribution in [0.5, 0.6) is 0 Å². The average molecular weight is 748 g/mol. The van der Waals surface area contributed by atoms with Crippen LogP contribution in [0, 0.1) is 16.2 Å². The van der Waals surface area contributed by atoms with E-state index in [4.69, 9.17) is 20.4 Å². The molecule has 282 valence electrons. The van der Waals surface area contributed by atoms with Crippen LogP contribution < -0.4 is 21.3 Å². The smallest absolute Gasteiger partial charge is 0.355 e. The molecule has 5 aliphatic rings. The summed E-state index contributed by atoms with van der Waals surface area (Å²) in [5.41, 5.74) is 11.5. The number of aliphatic imine (C=N–C) groups is 1. The molecule has 9 rings (SSSR count). The van der Waals surface area contributed by atoms with Crippen LogP contribution in [0.1, 0.15) is 90.4 Å². The van der Waals surface area contributed by atoms with Gasteiger partial charge in [0.2, 0.25) is 0 Å². The molecule has 4 aromatic rings. The van der Waals surface area contributed by atoms with E-state index < -0.39 is 5.97 Å². The van der Waals surface area contributed by atoms with Crippen molar-refractivity contribution in [3.05, 3.63) is 88.7 Å². The Balaban J connectivity index is 1.02. The minimum absolute atomic E-state index is 0.0209. The van der Waals surface area contributed by atoms with E-state index in [1.807, 2.05) is 67.4 Å². The number of allylic oxidation sites excluding steroid dienone is 1. The average Bonchev–Trinajstić information content (AvgIpc) is 3.68. The van der Waals surface area contributed by atoms with Gasteiger partial charge >= 0.3 is 5.97 Å². The van der Waals surface area contributed by atoms with Crippen molar-refractivity contribution in [3.63, 3.8) is 0 Å². The number of benzene rings is 2. The molecule has 1 amide bonds. The molecule has 0 spiro atoms. The van der Waals surface area contributed by atoms with Crippen molar-refractivity contribution in [3.8, 4) is 0 Å². The number of nitrogens with zero attached hydrogens (tertiary/aromatic N) is 4. The Labute approximate surface area is 320 Å². The molecule has 3 heterocycles. The van der Waals surface area contributed by atoms with E-state index in [1.54, 1.807) is 6.07 Å². The molecule has 0 saturated heterocycles. The summed E-state index contributed by atoms with van der Waals surface area (Å²) in [7, 11) is 1.96. The van der Waals surface area contributed by atoms with Crippen LogP contribution in [0.4, 0.5) is 10.9 Å². The number of carbonyl (C=O) groups excluding carboxylic acids is 1. The number of hydrogen-bond donors (Lipinski definition) is 4. The summed E-state index contributed by atoms with van der Waals surface area (Å²) in [6.45, 7) is 9.97. The Morgan fingerprint density at radius 2 is 1.87 bits per heavy atom. The van der Waals surface area contributed by atoms with Crippen LogP contribution >= 0.6 is 11.3 Å². The number of anilines is 2. The van der Waals surface area contributed by atoms with Crippen LogP contribution in [0.3, 0.4) is 0 Å². The summed E-state index contributed by atoms with van der Waals surface area (Å²) in [5, 5.41) is 17.2. The van der Waals surface area contributed by atoms with Crippen molar-refractivity contribution >= 4 is 55.7 Å². The van der Waals surface area contributed by atoms with E-state index in [9.17, 15) is 14.7 Å². The molecule has 0 radical (unpaired) electrons. The number of carbonyl (C=O) groups is 2. The first-order valence-corrected chi connectivity index (χ1v) is 19.7. The largest absolute Gasteiger partial charge is 0.476 e. The predicted octanol–water partition coefficient (Wildman–Crippen LogP) is 6.93. The number of rotatable bonds is 12. The first-order chi connectivity index (χ1) is 25.9. The summed E-state index contributed by atoms with van der Waals surface area (Å²) in [4.78, 5) is 42.9. The second kappa shape index (κ2) is 13.6. The fourth-order valence-corrected chi connectivity index (χ4v) is 11.7. The molecule has 5 N–H and O–H groups in total. The molecule has 11 nitrogen and oxygen atoms in total. The van der Waals surface area contributed by atoms with Gasteiger partial charge in [0.1, 0.15) is 5.82 Å². The Kier molecular flexibility index (Phi) is 9.14. The van der Waals surface area contributed by atoms with Gasteiger partial charge in [-0.25, -0.2) is 14.8 Å². The molecule has 4 atom stereocenters. The Hall–Kier alpha value is -4.65. The van der Waals surface area contributed by atoms with Crippen molar-refractivity contribution in [2.24, 2.45) is 27.0 Å². The van der Waals surface area contributed by atoms with E-state index in [1.165, 1.54) is 24.0 Å². The monoisotopic (exact) mass is 747 g/mol. The molecule has 2 aromatic carbocycles. The highest BCUT2D eigenvalue weighted by Crippen LogP contribution is 2.78. The number of aromatic carboxylic acids is 1. The van der Waals surface area contributed by atoms with Crippen molar-refractivity contribution in [2.45, 2.75) is 71.4 Å². The lowest BCUT2D eigenvalue weighted by atomic mass is 9.65. The topological polar surface area (TPSA) is 155 Å². The lowest BCUT2D eigenvalue weighted by Gasteiger charge is -2.46. The van der Waals surface area contributed by atoms with Gasteiger partial charge in [-0.05, 0) is 110 Å². The molecular weight excluding hydrogens is 699 g/mol. The second-order valence-corrected chi connectivity index (χ2v) is 17.6. The van der Waals surface area contributed by atoms with Gasteiger partial charge in [0, 0.05) is 54.8 Å². The van der Waals surface area contributed by atoms with Crippen molar-refractivity contribution in [2.75, 3.05) is 43.5 Å². The van der Waals surface area contributed by atoms with Crippen LogP contribution in [0.15, 0.2) is 65.8 Å². The minimum atomic E-state index is -1.14. The number of hydrogen-bond acceptors (Lipinski definition) is 10. The summed E-state index contributed by atoms with van der Waals surface area (Å²) < 4.78 is 7.64. The molecule has 4 aliphatic carbocycles. The molecule has 54 heavy (non-hydrogen) atoms. The molecule has 4 unspecified atom stereocenters. The van der Waals surface area contributed by atoms with E-state index in [0.29, 0.717) is 66.0 Å². The lowest BCUT2D eigenvalue weighted by Crippen LogP contribution is -2.44. The van der Waals surface area contributed by atoms with E-state index in [0.717, 1.165) is 53.6 Å². The summed E-state index contributed by atoms with van der Waals surface area (Å²) in [5.74, 6) is -0.844. The number of para-hydroxylation sites is 1. The number of carboxylic acid groups (broad SMARTS) is 1. The molecule has 4 bridgehead atoms. The lowest BCUT2D eigenvalue weighted by molar-refractivity contribution is -0.107. The highest BCUT2D eigenvalue weighted by molar-refractivity contribution is 7.22. The highest BCUT2D eigenvalue weighted by atomic mass is 32.1. The van der Waals surface area contributed by atoms with Gasteiger partial charge in [-0.3, -0.25) is 15.1 Å². The molecule has 4 saturated carbocycles. The zero-order valence-electron chi connectivity index (χ0n) is 31.5. The summed E-state index contributed by atoms with van der Waals surface area (Å²) in [6.07, 6.45) is 7.58. The molecule has 4 fully saturated rings. The van der Waals surface area contributed by atoms with E-state index in [2.05, 4.69) is 29.5 Å². The third kappa shape index (κ3) is 6.27. The maximum absolute atomic E-state index is 13.6. The fraction of sp³-hybridized carbons (Fsp3) is 0.452. The number of nitrogens with one attached hydrogen (secondary N) is 2. The van der Waals surface area contributed by atoms with Crippen molar-refractivity contribution in [1.82, 2.24) is 15.3 Å². The van der Waals surface area contributed by atoms with E-state index in [-0.39, 0.29) is 33.4 Å². The van der Waals surface area contributed by atoms with Gasteiger partial charge in [0.15, 0.2) is 10.8 Å². The second-order valence-electron chi connectivity index (χ2n) is 16.6. The normalized spacial score (nSPS) is 27.4. The maximum atomic E-state index is 13.6. The summed E-state index contributed by atoms with van der Waals surface area (Å²) in [6, 6.07) is 17.2. The summed E-state index contributed by atoms with van der Waals surface area (Å²) >= 11 is 1.44. The number of aromatic nitrogens is 2.